The van der Waals surface area contributed by atoms with Gasteiger partial charge < -0.3 is 4.74 Å². The van der Waals surface area contributed by atoms with Crippen LogP contribution in [0.3, 0.4) is 0 Å². The zero-order chi connectivity index (χ0) is 36.4. The molecule has 4 fully saturated rings. The van der Waals surface area contributed by atoms with Crippen LogP contribution in [0.15, 0.2) is 146 Å². The van der Waals surface area contributed by atoms with Crippen molar-refractivity contribution in [3.8, 4) is 45.4 Å². The lowest BCUT2D eigenvalue weighted by atomic mass is 9.38. The van der Waals surface area contributed by atoms with E-state index in [2.05, 4.69) is 146 Å². The first-order chi connectivity index (χ1) is 27.7. The standard InChI is InChI=1S/C52H37N3O/c1-2-13-34-30(12-1)24-40(36-15-4-3-14-35(34)36)48-53-47(54-49(55-48)50-27-32-25-31-26-33(28-50)51(31,32)29-50)39-18-11-22-44-46(39)56-45-23-10-9-21-43(45)52(44)41-19-7-5-16-37(41)38-17-6-8-20-42(38)52/h1-24,31-33H,25-29H2/t31?,32-,33?,50?,51?/m0/s1. The fraction of sp³-hybridized carbons (Fsp3) is 0.212. The second-order valence-corrected chi connectivity index (χ2v) is 17.7. The molecule has 0 amide bonds. The molecule has 7 aromatic carbocycles. The van der Waals surface area contributed by atoms with Crippen LogP contribution in [0.25, 0.3) is 55.4 Å². The number of rotatable bonds is 3. The van der Waals surface area contributed by atoms with Crippen molar-refractivity contribution in [1.29, 1.82) is 0 Å². The molecular formula is C52H37N3O. The Bertz CT molecular complexity index is 2990. The van der Waals surface area contributed by atoms with Crippen LogP contribution in [0, 0.1) is 23.2 Å². The van der Waals surface area contributed by atoms with E-state index in [1.54, 1.807) is 0 Å². The van der Waals surface area contributed by atoms with E-state index >= 15 is 0 Å². The summed E-state index contributed by atoms with van der Waals surface area (Å²) in [5.74, 6) is 6.70. The Kier molecular flexibility index (Phi) is 5.48. The molecule has 0 N–H and O–H groups in total. The fourth-order valence-electron chi connectivity index (χ4n) is 13.5. The van der Waals surface area contributed by atoms with Crippen molar-refractivity contribution in [2.75, 3.05) is 0 Å². The van der Waals surface area contributed by atoms with Gasteiger partial charge in [-0.2, -0.15) is 0 Å². The van der Waals surface area contributed by atoms with E-state index in [9.17, 15) is 0 Å². The summed E-state index contributed by atoms with van der Waals surface area (Å²) in [7, 11) is 0. The minimum atomic E-state index is -0.553. The third kappa shape index (κ3) is 3.44. The summed E-state index contributed by atoms with van der Waals surface area (Å²) >= 11 is 0. The number of hydrogen-bond acceptors (Lipinski definition) is 4. The third-order valence-corrected chi connectivity index (χ3v) is 15.6. The normalized spacial score (nSPS) is 26.1. The number of hydrogen-bond donors (Lipinski definition) is 0. The predicted molar refractivity (Wildman–Crippen MR) is 221 cm³/mol. The van der Waals surface area contributed by atoms with Gasteiger partial charge in [-0.1, -0.05) is 127 Å². The topological polar surface area (TPSA) is 47.9 Å². The minimum absolute atomic E-state index is 0.00741. The molecule has 5 atom stereocenters. The molecule has 266 valence electrons. The summed E-state index contributed by atoms with van der Waals surface area (Å²) in [5, 5.41) is 4.83. The first-order valence-electron chi connectivity index (χ1n) is 20.4. The molecule has 5 aliphatic carbocycles. The van der Waals surface area contributed by atoms with Gasteiger partial charge in [-0.15, -0.1) is 0 Å². The summed E-state index contributed by atoms with van der Waals surface area (Å²) in [6.07, 6.45) is 6.42. The molecule has 2 heterocycles. The summed E-state index contributed by atoms with van der Waals surface area (Å²) < 4.78 is 7.14. The Hall–Kier alpha value is -6.13. The summed E-state index contributed by atoms with van der Waals surface area (Å²) in [4.78, 5) is 16.8. The number of nitrogens with zero attached hydrogens (tertiary/aromatic N) is 3. The Morgan fingerprint density at radius 1 is 0.482 bits per heavy atom. The highest BCUT2D eigenvalue weighted by Crippen LogP contribution is 2.84. The highest BCUT2D eigenvalue weighted by atomic mass is 16.5. The van der Waals surface area contributed by atoms with Crippen LogP contribution in [-0.2, 0) is 10.8 Å². The monoisotopic (exact) mass is 719 g/mol. The largest absolute Gasteiger partial charge is 0.456 e. The molecule has 1 aliphatic heterocycles. The van der Waals surface area contributed by atoms with E-state index in [4.69, 9.17) is 19.7 Å². The van der Waals surface area contributed by atoms with Gasteiger partial charge in [-0.3, -0.25) is 0 Å². The molecule has 14 rings (SSSR count). The molecule has 4 saturated carbocycles. The van der Waals surface area contributed by atoms with Crippen molar-refractivity contribution in [2.45, 2.75) is 42.9 Å². The molecule has 2 bridgehead atoms. The zero-order valence-electron chi connectivity index (χ0n) is 30.9. The minimum Gasteiger partial charge on any atom is -0.456 e. The van der Waals surface area contributed by atoms with Gasteiger partial charge in [-0.05, 0) is 117 Å². The maximum atomic E-state index is 7.14. The number of para-hydroxylation sites is 2. The van der Waals surface area contributed by atoms with Gasteiger partial charge in [0.1, 0.15) is 17.3 Å². The van der Waals surface area contributed by atoms with Crippen LogP contribution < -0.4 is 4.74 Å². The van der Waals surface area contributed by atoms with Crippen LogP contribution in [0.2, 0.25) is 0 Å². The van der Waals surface area contributed by atoms with Crippen molar-refractivity contribution < 1.29 is 4.74 Å². The highest BCUT2D eigenvalue weighted by Gasteiger charge is 2.78. The molecule has 0 radical (unpaired) electrons. The van der Waals surface area contributed by atoms with Gasteiger partial charge in [0.15, 0.2) is 11.6 Å². The molecule has 4 nitrogen and oxygen atoms in total. The predicted octanol–water partition coefficient (Wildman–Crippen LogP) is 12.1. The van der Waals surface area contributed by atoms with Crippen molar-refractivity contribution >= 4 is 21.5 Å². The van der Waals surface area contributed by atoms with Crippen molar-refractivity contribution in [1.82, 2.24) is 15.0 Å². The Balaban J connectivity index is 1.05. The number of fused-ring (bicyclic) bond motifs is 13. The second kappa shape index (κ2) is 10.2. The number of benzene rings is 7. The molecule has 56 heavy (non-hydrogen) atoms. The van der Waals surface area contributed by atoms with Gasteiger partial charge in [0, 0.05) is 22.1 Å². The van der Waals surface area contributed by atoms with Crippen molar-refractivity contribution in [2.24, 2.45) is 23.2 Å². The molecule has 0 saturated heterocycles. The van der Waals surface area contributed by atoms with Crippen LogP contribution >= 0.6 is 0 Å². The highest BCUT2D eigenvalue weighted by molar-refractivity contribution is 6.13. The van der Waals surface area contributed by atoms with Crippen LogP contribution in [-0.4, -0.2) is 15.0 Å². The maximum Gasteiger partial charge on any atom is 0.167 e. The lowest BCUT2D eigenvalue weighted by Crippen LogP contribution is -2.59. The van der Waals surface area contributed by atoms with E-state index in [1.165, 1.54) is 75.9 Å². The maximum absolute atomic E-state index is 7.14. The SMILES string of the molecule is c1ccc2c(c1)Oc1c(-c3nc(-c4cc5ccccc5c5ccccc45)nc(C45CC6CC7C[C@@H](C4)C76C5)n3)cccc1C21c2ccccc2-c2ccccc21. The average molecular weight is 720 g/mol. The first kappa shape index (κ1) is 30.1. The number of aromatic nitrogens is 3. The molecule has 8 aromatic rings. The van der Waals surface area contributed by atoms with Gasteiger partial charge in [-0.25, -0.2) is 15.0 Å². The average Bonchev–Trinajstić information content (AvgIpc) is 3.85. The molecule has 4 unspecified atom stereocenters. The summed E-state index contributed by atoms with van der Waals surface area (Å²) in [6, 6.07) is 52.9. The second-order valence-electron chi connectivity index (χ2n) is 17.7. The number of ether oxygens (including phenoxy) is 1. The van der Waals surface area contributed by atoms with Gasteiger partial charge >= 0.3 is 0 Å². The van der Waals surface area contributed by atoms with E-state index in [0.29, 0.717) is 11.2 Å². The summed E-state index contributed by atoms with van der Waals surface area (Å²) in [6.45, 7) is 0. The van der Waals surface area contributed by atoms with Gasteiger partial charge in [0.05, 0.1) is 11.0 Å². The quantitative estimate of drug-likeness (QED) is 0.171. The van der Waals surface area contributed by atoms with Crippen LogP contribution in [0.1, 0.15) is 60.2 Å². The molecule has 6 aliphatic rings. The van der Waals surface area contributed by atoms with Crippen LogP contribution in [0.5, 0.6) is 11.5 Å². The first-order valence-corrected chi connectivity index (χ1v) is 20.4. The Morgan fingerprint density at radius 3 is 1.80 bits per heavy atom. The molecule has 2 spiro atoms. The van der Waals surface area contributed by atoms with E-state index in [0.717, 1.165) is 63.2 Å². The molecule has 4 heteroatoms. The summed E-state index contributed by atoms with van der Waals surface area (Å²) in [5.41, 5.74) is 9.36. The lowest BCUT2D eigenvalue weighted by molar-refractivity contribution is -0.175. The molecule has 1 aromatic heterocycles. The van der Waals surface area contributed by atoms with Gasteiger partial charge in [0.25, 0.3) is 0 Å². The lowest BCUT2D eigenvalue weighted by Gasteiger charge is -2.66. The van der Waals surface area contributed by atoms with E-state index < -0.39 is 5.41 Å². The zero-order valence-corrected chi connectivity index (χ0v) is 30.9. The fourth-order valence-corrected chi connectivity index (χ4v) is 13.5. The van der Waals surface area contributed by atoms with Crippen LogP contribution in [0.4, 0.5) is 0 Å². The molecular weight excluding hydrogens is 683 g/mol. The smallest absolute Gasteiger partial charge is 0.167 e. The van der Waals surface area contributed by atoms with E-state index in [-0.39, 0.29) is 5.41 Å². The van der Waals surface area contributed by atoms with Gasteiger partial charge in [0.2, 0.25) is 0 Å². The van der Waals surface area contributed by atoms with E-state index in [1.807, 2.05) is 0 Å². The Labute approximate surface area is 325 Å². The Morgan fingerprint density at radius 2 is 1.07 bits per heavy atom. The van der Waals surface area contributed by atoms with Crippen molar-refractivity contribution in [3.05, 3.63) is 174 Å². The van der Waals surface area contributed by atoms with Crippen molar-refractivity contribution in [3.63, 3.8) is 0 Å². The third-order valence-electron chi connectivity index (χ3n) is 15.6.